The molecule has 0 bridgehead atoms. The number of carbonyl (C=O) groups is 3. The van der Waals surface area contributed by atoms with Gasteiger partial charge in [0.2, 0.25) is 0 Å². The van der Waals surface area contributed by atoms with Crippen molar-refractivity contribution in [2.75, 3.05) is 41.0 Å². The van der Waals surface area contributed by atoms with E-state index >= 15 is 0 Å². The molecule has 0 N–H and O–H groups in total. The summed E-state index contributed by atoms with van der Waals surface area (Å²) >= 11 is 0. The maximum atomic E-state index is 12.6. The zero-order chi connectivity index (χ0) is 40.0. The van der Waals surface area contributed by atoms with Crippen molar-refractivity contribution < 1.29 is 38.2 Å². The van der Waals surface area contributed by atoms with Crippen molar-refractivity contribution in [2.45, 2.75) is 199 Å². The number of esters is 2. The Hall–Kier alpha value is -2.45. The highest BCUT2D eigenvalue weighted by Crippen LogP contribution is 2.15. The van der Waals surface area contributed by atoms with Gasteiger partial charge in [-0.2, -0.15) is 0 Å². The van der Waals surface area contributed by atoms with E-state index in [0.717, 1.165) is 57.8 Å². The van der Waals surface area contributed by atoms with Gasteiger partial charge in [0.15, 0.2) is 6.10 Å². The largest absolute Gasteiger partial charge is 0.544 e. The number of hydrogen-bond acceptors (Lipinski definition) is 7. The Morgan fingerprint density at radius 3 is 1.54 bits per heavy atom. The molecule has 0 saturated carbocycles. The van der Waals surface area contributed by atoms with Crippen molar-refractivity contribution in [1.29, 1.82) is 0 Å². The Morgan fingerprint density at radius 2 is 1.04 bits per heavy atom. The monoisotopic (exact) mass is 762 g/mol. The van der Waals surface area contributed by atoms with Crippen LogP contribution in [0.2, 0.25) is 0 Å². The maximum absolute atomic E-state index is 12.6. The number of aliphatic carboxylic acids is 1. The van der Waals surface area contributed by atoms with E-state index in [1.807, 2.05) is 0 Å². The fourth-order valence-electron chi connectivity index (χ4n) is 6.38. The summed E-state index contributed by atoms with van der Waals surface area (Å²) < 4.78 is 17.1. The van der Waals surface area contributed by atoms with Crippen LogP contribution in [-0.4, -0.2) is 75.5 Å². The molecule has 0 fully saturated rings. The van der Waals surface area contributed by atoms with Gasteiger partial charge in [0.05, 0.1) is 40.3 Å². The lowest BCUT2D eigenvalue weighted by Gasteiger charge is -2.34. The molecule has 0 rings (SSSR count). The summed E-state index contributed by atoms with van der Waals surface area (Å²) in [6.07, 6.45) is 41.7. The van der Waals surface area contributed by atoms with E-state index in [1.165, 1.54) is 96.3 Å². The molecular formula is C46H83NO7. The molecule has 0 radical (unpaired) electrons. The number of carboxylic acid groups (broad SMARTS) is 1. The van der Waals surface area contributed by atoms with Crippen LogP contribution in [0.5, 0.6) is 0 Å². The first-order valence-corrected chi connectivity index (χ1v) is 22.0. The molecule has 0 saturated heterocycles. The Labute approximate surface area is 332 Å². The first kappa shape index (κ1) is 51.5. The van der Waals surface area contributed by atoms with Crippen molar-refractivity contribution in [3.05, 3.63) is 36.5 Å². The Bertz CT molecular complexity index is 984. The predicted molar refractivity (Wildman–Crippen MR) is 222 cm³/mol. The van der Waals surface area contributed by atoms with Crippen molar-refractivity contribution in [2.24, 2.45) is 0 Å². The van der Waals surface area contributed by atoms with Crippen molar-refractivity contribution in [3.8, 4) is 0 Å². The predicted octanol–water partition coefficient (Wildman–Crippen LogP) is 10.5. The molecule has 8 nitrogen and oxygen atoms in total. The molecule has 0 aromatic carbocycles. The molecule has 0 aromatic rings. The van der Waals surface area contributed by atoms with Crippen LogP contribution in [-0.2, 0) is 28.6 Å². The molecule has 0 amide bonds. The minimum absolute atomic E-state index is 0.0425. The quantitative estimate of drug-likeness (QED) is 0.0266. The van der Waals surface area contributed by atoms with Gasteiger partial charge in [-0.05, 0) is 44.9 Å². The first-order chi connectivity index (χ1) is 26.1. The molecule has 2 unspecified atom stereocenters. The fraction of sp³-hybridized carbons (Fsp3) is 0.804. The highest BCUT2D eigenvalue weighted by atomic mass is 16.6. The van der Waals surface area contributed by atoms with Crippen LogP contribution in [0.1, 0.15) is 187 Å². The Kier molecular flexibility index (Phi) is 35.8. The molecule has 0 aliphatic carbocycles. The lowest BCUT2D eigenvalue weighted by molar-refractivity contribution is -0.889. The van der Waals surface area contributed by atoms with Crippen molar-refractivity contribution >= 4 is 17.9 Å². The number of carboxylic acids is 1. The summed E-state index contributed by atoms with van der Waals surface area (Å²) in [7, 11) is 5.40. The fourth-order valence-corrected chi connectivity index (χ4v) is 6.38. The molecule has 314 valence electrons. The van der Waals surface area contributed by atoms with Crippen molar-refractivity contribution in [3.63, 3.8) is 0 Å². The second-order valence-electron chi connectivity index (χ2n) is 15.9. The third-order valence-corrected chi connectivity index (χ3v) is 9.79. The molecule has 54 heavy (non-hydrogen) atoms. The molecule has 0 aliphatic rings. The van der Waals surface area contributed by atoms with Gasteiger partial charge in [-0.1, -0.05) is 159 Å². The second kappa shape index (κ2) is 37.5. The average Bonchev–Trinajstić information content (AvgIpc) is 3.12. The van der Waals surface area contributed by atoms with Crippen LogP contribution in [0.25, 0.3) is 0 Å². The van der Waals surface area contributed by atoms with Crippen LogP contribution in [0.15, 0.2) is 36.5 Å². The summed E-state index contributed by atoms with van der Waals surface area (Å²) in [5.74, 6) is -1.74. The van der Waals surface area contributed by atoms with Gasteiger partial charge in [-0.3, -0.25) is 9.59 Å². The number of ether oxygens (including phenoxy) is 3. The van der Waals surface area contributed by atoms with E-state index in [2.05, 4.69) is 50.3 Å². The number of allylic oxidation sites excluding steroid dienone is 6. The van der Waals surface area contributed by atoms with Gasteiger partial charge >= 0.3 is 11.9 Å². The van der Waals surface area contributed by atoms with Crippen LogP contribution in [0, 0.1) is 0 Å². The standard InChI is InChI=1S/C46H83NO7/c1-6-8-10-12-14-16-17-18-19-20-21-22-23-24-25-26-27-29-30-32-34-36-44(48)53-41-42(40-52-39-38-43(46(50)51)47(3,4)5)54-45(49)37-35-33-31-28-15-13-11-9-7-2/h8,10,14,16,18-19,42-43H,6-7,9,11-13,15,17,20-41H2,1-5H3/b10-8+,16-14+,19-18+. The molecular weight excluding hydrogens is 679 g/mol. The van der Waals surface area contributed by atoms with E-state index in [9.17, 15) is 19.5 Å². The maximum Gasteiger partial charge on any atom is 0.306 e. The Morgan fingerprint density at radius 1 is 0.574 bits per heavy atom. The van der Waals surface area contributed by atoms with Crippen LogP contribution in [0.3, 0.4) is 0 Å². The van der Waals surface area contributed by atoms with Crippen LogP contribution < -0.4 is 5.11 Å². The number of likely N-dealkylation sites (N-methyl/N-ethyl adjacent to an activating group) is 1. The van der Waals surface area contributed by atoms with Crippen molar-refractivity contribution in [1.82, 2.24) is 0 Å². The second-order valence-corrected chi connectivity index (χ2v) is 15.9. The van der Waals surface area contributed by atoms with E-state index in [0.29, 0.717) is 12.8 Å². The minimum atomic E-state index is -1.13. The average molecular weight is 762 g/mol. The molecule has 0 aromatic heterocycles. The first-order valence-electron chi connectivity index (χ1n) is 22.0. The number of unbranched alkanes of at least 4 members (excludes halogenated alkanes) is 19. The topological polar surface area (TPSA) is 102 Å². The van der Waals surface area contributed by atoms with Gasteiger partial charge in [0, 0.05) is 19.3 Å². The van der Waals surface area contributed by atoms with Crippen LogP contribution >= 0.6 is 0 Å². The zero-order valence-electron chi connectivity index (χ0n) is 35.6. The summed E-state index contributed by atoms with van der Waals surface area (Å²) in [6, 6.07) is -0.723. The number of nitrogens with zero attached hydrogens (tertiary/aromatic N) is 1. The lowest BCUT2D eigenvalue weighted by atomic mass is 10.0. The summed E-state index contributed by atoms with van der Waals surface area (Å²) in [5.41, 5.74) is 0. The van der Waals surface area contributed by atoms with Gasteiger partial charge in [-0.15, -0.1) is 0 Å². The van der Waals surface area contributed by atoms with E-state index in [4.69, 9.17) is 14.2 Å². The summed E-state index contributed by atoms with van der Waals surface area (Å²) in [4.78, 5) is 36.7. The summed E-state index contributed by atoms with van der Waals surface area (Å²) in [6.45, 7) is 4.53. The third kappa shape index (κ3) is 35.3. The van der Waals surface area contributed by atoms with E-state index < -0.39 is 18.1 Å². The van der Waals surface area contributed by atoms with Gasteiger partial charge in [-0.25, -0.2) is 0 Å². The number of carbonyl (C=O) groups excluding carboxylic acids is 3. The molecule has 0 spiro atoms. The zero-order valence-corrected chi connectivity index (χ0v) is 35.6. The molecule has 0 heterocycles. The Balaban J connectivity index is 4.19. The van der Waals surface area contributed by atoms with Gasteiger partial charge in [0.1, 0.15) is 12.6 Å². The van der Waals surface area contributed by atoms with Crippen LogP contribution in [0.4, 0.5) is 0 Å². The highest BCUT2D eigenvalue weighted by molar-refractivity contribution is 5.70. The molecule has 2 atom stereocenters. The highest BCUT2D eigenvalue weighted by Gasteiger charge is 2.25. The SMILES string of the molecule is CC/C=C/C/C=C/C/C=C/CCCCCCCCCCCCCC(=O)OCC(COCCC(C(=O)[O-])[N+](C)(C)C)OC(=O)CCCCCCCCCCC. The summed E-state index contributed by atoms with van der Waals surface area (Å²) in [5, 5.41) is 11.6. The lowest BCUT2D eigenvalue weighted by Crippen LogP contribution is -2.55. The van der Waals surface area contributed by atoms with Gasteiger partial charge < -0.3 is 28.6 Å². The number of quaternary nitrogens is 1. The smallest absolute Gasteiger partial charge is 0.306 e. The molecule has 0 aliphatic heterocycles. The number of rotatable bonds is 39. The van der Waals surface area contributed by atoms with Gasteiger partial charge in [0.25, 0.3) is 0 Å². The third-order valence-electron chi connectivity index (χ3n) is 9.79. The van der Waals surface area contributed by atoms with E-state index in [-0.39, 0.29) is 42.7 Å². The van der Waals surface area contributed by atoms with E-state index in [1.54, 1.807) is 21.1 Å². The normalized spacial score (nSPS) is 13.3. The molecule has 8 heteroatoms. The number of hydrogen-bond donors (Lipinski definition) is 0. The minimum Gasteiger partial charge on any atom is -0.544 e.